The van der Waals surface area contributed by atoms with Crippen LogP contribution in [0.3, 0.4) is 0 Å². The molecule has 1 N–H and O–H groups in total. The Bertz CT molecular complexity index is 1460. The molecule has 0 bridgehead atoms. The highest BCUT2D eigenvalue weighted by molar-refractivity contribution is 5.67. The van der Waals surface area contributed by atoms with Gasteiger partial charge in [-0.05, 0) is 48.4 Å². The molecule has 1 fully saturated rings. The van der Waals surface area contributed by atoms with Crippen LogP contribution in [0.4, 0.5) is 4.79 Å². The van der Waals surface area contributed by atoms with Gasteiger partial charge in [-0.1, -0.05) is 121 Å². The highest BCUT2D eigenvalue weighted by atomic mass is 16.7. The average molecular weight is 654 g/mol. The lowest BCUT2D eigenvalue weighted by Gasteiger charge is -2.43. The molecule has 0 radical (unpaired) electrons. The highest BCUT2D eigenvalue weighted by Gasteiger charge is 2.45. The minimum Gasteiger partial charge on any atom is -0.445 e. The quantitative estimate of drug-likeness (QED) is 0.120. The second-order valence-corrected chi connectivity index (χ2v) is 12.1. The number of carbonyl (C=O) groups excluding carboxylic acids is 1. The van der Waals surface area contributed by atoms with E-state index in [-0.39, 0.29) is 18.8 Å². The number of aliphatic hydroxyl groups excluding tert-OH is 1. The first kappa shape index (κ1) is 35.3. The van der Waals surface area contributed by atoms with Crippen LogP contribution in [0.5, 0.6) is 0 Å². The standard InChI is InChI=1S/C40H47NO7/c1-31-37(45-28-33-19-9-3-10-20-33)38(46-29-34-21-11-4-12-22-34)36(42)39(48-31)44-26-16-6-15-25-41(27-32-17-7-2-8-18-32)40(43)47-30-35-23-13-5-14-24-35/h2-5,7-14,17-24,31,36-39,42H,6,15-16,25-30H2,1H3/t31-,36+,37-,38-,39+/m0/s1. The first-order chi connectivity index (χ1) is 23.6. The van der Waals surface area contributed by atoms with Gasteiger partial charge in [-0.25, -0.2) is 4.79 Å². The van der Waals surface area contributed by atoms with E-state index in [4.69, 9.17) is 23.7 Å². The summed E-state index contributed by atoms with van der Waals surface area (Å²) in [5.74, 6) is 0. The first-order valence-electron chi connectivity index (χ1n) is 16.8. The van der Waals surface area contributed by atoms with Gasteiger partial charge in [-0.3, -0.25) is 0 Å². The summed E-state index contributed by atoms with van der Waals surface area (Å²) in [6.45, 7) is 4.29. The summed E-state index contributed by atoms with van der Waals surface area (Å²) >= 11 is 0. The van der Waals surface area contributed by atoms with Crippen molar-refractivity contribution in [3.63, 3.8) is 0 Å². The number of carbonyl (C=O) groups is 1. The number of hydrogen-bond donors (Lipinski definition) is 1. The Morgan fingerprint density at radius 2 is 1.15 bits per heavy atom. The molecule has 8 heteroatoms. The molecule has 0 aromatic heterocycles. The summed E-state index contributed by atoms with van der Waals surface area (Å²) in [5, 5.41) is 11.4. The van der Waals surface area contributed by atoms with Crippen LogP contribution in [0.25, 0.3) is 0 Å². The Kier molecular flexibility index (Phi) is 14.0. The molecular weight excluding hydrogens is 606 g/mol. The van der Waals surface area contributed by atoms with Gasteiger partial charge in [-0.15, -0.1) is 0 Å². The fourth-order valence-electron chi connectivity index (χ4n) is 5.71. The van der Waals surface area contributed by atoms with E-state index in [1.807, 2.05) is 128 Å². The van der Waals surface area contributed by atoms with Gasteiger partial charge in [0.2, 0.25) is 0 Å². The summed E-state index contributed by atoms with van der Waals surface area (Å²) in [4.78, 5) is 14.8. The Labute approximate surface area is 284 Å². The lowest BCUT2D eigenvalue weighted by Crippen LogP contribution is -2.59. The monoisotopic (exact) mass is 653 g/mol. The van der Waals surface area contributed by atoms with Crippen molar-refractivity contribution in [2.45, 2.75) is 83.3 Å². The number of hydrogen-bond acceptors (Lipinski definition) is 7. The average Bonchev–Trinajstić information content (AvgIpc) is 3.13. The molecule has 0 unspecified atom stereocenters. The highest BCUT2D eigenvalue weighted by Crippen LogP contribution is 2.28. The van der Waals surface area contributed by atoms with Crippen molar-refractivity contribution < 1.29 is 33.6 Å². The minimum absolute atomic E-state index is 0.231. The van der Waals surface area contributed by atoms with Gasteiger partial charge in [0.25, 0.3) is 0 Å². The van der Waals surface area contributed by atoms with Gasteiger partial charge in [0.1, 0.15) is 24.9 Å². The van der Waals surface area contributed by atoms with E-state index in [1.165, 1.54) is 0 Å². The first-order valence-corrected chi connectivity index (χ1v) is 16.8. The zero-order chi connectivity index (χ0) is 33.4. The molecular formula is C40H47NO7. The summed E-state index contributed by atoms with van der Waals surface area (Å²) in [6.07, 6.45) is -1.37. The number of ether oxygens (including phenoxy) is 5. The number of aliphatic hydroxyl groups is 1. The van der Waals surface area contributed by atoms with Crippen LogP contribution in [0, 0.1) is 0 Å². The second-order valence-electron chi connectivity index (χ2n) is 12.1. The van der Waals surface area contributed by atoms with Crippen LogP contribution in [0.1, 0.15) is 48.4 Å². The molecule has 254 valence electrons. The van der Waals surface area contributed by atoms with Crippen LogP contribution < -0.4 is 0 Å². The van der Waals surface area contributed by atoms with E-state index in [0.717, 1.165) is 41.5 Å². The third-order valence-electron chi connectivity index (χ3n) is 8.36. The maximum atomic E-state index is 13.1. The molecule has 1 saturated heterocycles. The lowest BCUT2D eigenvalue weighted by atomic mass is 9.99. The largest absolute Gasteiger partial charge is 0.445 e. The molecule has 4 aromatic rings. The molecule has 4 aromatic carbocycles. The summed E-state index contributed by atoms with van der Waals surface area (Å²) < 4.78 is 30.4. The normalized spacial score (nSPS) is 20.7. The van der Waals surface area contributed by atoms with Crippen molar-refractivity contribution in [3.05, 3.63) is 144 Å². The van der Waals surface area contributed by atoms with E-state index in [1.54, 1.807) is 4.90 Å². The Hall–Kier alpha value is -4.05. The molecule has 1 aliphatic rings. The van der Waals surface area contributed by atoms with Gasteiger partial charge in [0.15, 0.2) is 6.29 Å². The maximum absolute atomic E-state index is 13.1. The van der Waals surface area contributed by atoms with E-state index in [9.17, 15) is 9.90 Å². The predicted octanol–water partition coefficient (Wildman–Crippen LogP) is 7.29. The topological polar surface area (TPSA) is 86.7 Å². The van der Waals surface area contributed by atoms with Crippen LogP contribution in [-0.2, 0) is 50.0 Å². The molecule has 48 heavy (non-hydrogen) atoms. The van der Waals surface area contributed by atoms with Crippen LogP contribution in [0.15, 0.2) is 121 Å². The predicted molar refractivity (Wildman–Crippen MR) is 184 cm³/mol. The fourth-order valence-corrected chi connectivity index (χ4v) is 5.71. The van der Waals surface area contributed by atoms with Gasteiger partial charge in [0, 0.05) is 19.7 Å². The van der Waals surface area contributed by atoms with Crippen LogP contribution in [0.2, 0.25) is 0 Å². The Morgan fingerprint density at radius 1 is 0.646 bits per heavy atom. The molecule has 1 amide bonds. The third-order valence-corrected chi connectivity index (χ3v) is 8.36. The van der Waals surface area contributed by atoms with Crippen molar-refractivity contribution >= 4 is 6.09 Å². The molecule has 8 nitrogen and oxygen atoms in total. The SMILES string of the molecule is C[C@@H]1O[C@@H](OCCCCCN(Cc2ccccc2)C(=O)OCc2ccccc2)[C@H](O)[C@H](OCc2ccccc2)[C@H]1OCc1ccccc1. The second kappa shape index (κ2) is 19.1. The molecule has 0 aliphatic carbocycles. The minimum atomic E-state index is -1.04. The molecule has 5 atom stereocenters. The van der Waals surface area contributed by atoms with Gasteiger partial charge in [0.05, 0.1) is 19.3 Å². The zero-order valence-electron chi connectivity index (χ0n) is 27.6. The number of unbranched alkanes of at least 4 members (excludes halogenated alkanes) is 2. The number of nitrogens with zero attached hydrogens (tertiary/aromatic N) is 1. The molecule has 5 rings (SSSR count). The van der Waals surface area contributed by atoms with E-state index >= 15 is 0 Å². The number of amides is 1. The van der Waals surface area contributed by atoms with E-state index in [0.29, 0.717) is 32.9 Å². The smallest absolute Gasteiger partial charge is 0.410 e. The molecule has 0 spiro atoms. The molecule has 0 saturated carbocycles. The Morgan fingerprint density at radius 3 is 1.71 bits per heavy atom. The van der Waals surface area contributed by atoms with Gasteiger partial charge in [-0.2, -0.15) is 0 Å². The molecule has 1 aliphatic heterocycles. The van der Waals surface area contributed by atoms with Crippen molar-refractivity contribution in [3.8, 4) is 0 Å². The fraction of sp³-hybridized carbons (Fsp3) is 0.375. The van der Waals surface area contributed by atoms with Crippen molar-refractivity contribution in [1.29, 1.82) is 0 Å². The third kappa shape index (κ3) is 11.0. The number of benzene rings is 4. The molecule has 1 heterocycles. The maximum Gasteiger partial charge on any atom is 0.410 e. The summed E-state index contributed by atoms with van der Waals surface area (Å²) in [6, 6.07) is 39.4. The number of rotatable bonds is 17. The van der Waals surface area contributed by atoms with Gasteiger partial charge >= 0.3 is 6.09 Å². The lowest BCUT2D eigenvalue weighted by molar-refractivity contribution is -0.309. The van der Waals surface area contributed by atoms with Gasteiger partial charge < -0.3 is 33.7 Å². The van der Waals surface area contributed by atoms with E-state index in [2.05, 4.69) is 0 Å². The van der Waals surface area contributed by atoms with E-state index < -0.39 is 24.6 Å². The zero-order valence-corrected chi connectivity index (χ0v) is 27.6. The van der Waals surface area contributed by atoms with Crippen molar-refractivity contribution in [2.75, 3.05) is 13.2 Å². The van der Waals surface area contributed by atoms with Crippen molar-refractivity contribution in [2.24, 2.45) is 0 Å². The van der Waals surface area contributed by atoms with Crippen molar-refractivity contribution in [1.82, 2.24) is 4.90 Å². The van der Waals surface area contributed by atoms with Crippen LogP contribution >= 0.6 is 0 Å². The Balaban J connectivity index is 1.11. The summed E-state index contributed by atoms with van der Waals surface area (Å²) in [7, 11) is 0. The summed E-state index contributed by atoms with van der Waals surface area (Å²) in [5.41, 5.74) is 4.04. The van der Waals surface area contributed by atoms with Crippen LogP contribution in [-0.4, -0.2) is 60.0 Å².